The number of aliphatic hydroxyl groups excluding tert-OH is 1. The van der Waals surface area contributed by atoms with E-state index in [1.165, 1.54) is 12.1 Å². The molecule has 0 heterocycles. The van der Waals surface area contributed by atoms with Gasteiger partial charge in [0, 0.05) is 14.3 Å². The van der Waals surface area contributed by atoms with E-state index in [1.54, 1.807) is 23.9 Å². The normalized spacial score (nSPS) is 10.5. The van der Waals surface area contributed by atoms with Crippen LogP contribution in [0.5, 0.6) is 0 Å². The van der Waals surface area contributed by atoms with Crippen LogP contribution >= 0.6 is 27.7 Å². The van der Waals surface area contributed by atoms with Crippen molar-refractivity contribution in [1.82, 2.24) is 0 Å². The fourth-order valence-corrected chi connectivity index (χ4v) is 2.84. The Balaban J connectivity index is 2.21. The van der Waals surface area contributed by atoms with Gasteiger partial charge >= 0.3 is 0 Å². The van der Waals surface area contributed by atoms with Crippen molar-refractivity contribution in [3.63, 3.8) is 0 Å². The van der Waals surface area contributed by atoms with Crippen LogP contribution in [0.25, 0.3) is 0 Å². The molecule has 1 nitrogen and oxygen atoms in total. The monoisotopic (exact) mass is 312 g/mol. The molecule has 0 saturated heterocycles. The molecule has 4 heteroatoms. The first-order valence-corrected chi connectivity index (χ1v) is 6.62. The molecule has 0 aliphatic heterocycles. The Labute approximate surface area is 112 Å². The van der Waals surface area contributed by atoms with Crippen LogP contribution in [0.4, 0.5) is 4.39 Å². The molecule has 0 saturated carbocycles. The second-order valence-electron chi connectivity index (χ2n) is 3.48. The van der Waals surface area contributed by atoms with Crippen molar-refractivity contribution in [2.24, 2.45) is 0 Å². The van der Waals surface area contributed by atoms with Crippen LogP contribution in [0.3, 0.4) is 0 Å². The van der Waals surface area contributed by atoms with Gasteiger partial charge in [-0.25, -0.2) is 4.39 Å². The van der Waals surface area contributed by atoms with Crippen molar-refractivity contribution in [3.05, 3.63) is 58.3 Å². The van der Waals surface area contributed by atoms with Gasteiger partial charge in [0.05, 0.1) is 6.61 Å². The Hall–Kier alpha value is -0.840. The van der Waals surface area contributed by atoms with Crippen molar-refractivity contribution < 1.29 is 9.50 Å². The van der Waals surface area contributed by atoms with E-state index in [4.69, 9.17) is 5.11 Å². The molecule has 88 valence electrons. The molecule has 0 spiro atoms. The molecule has 0 amide bonds. The van der Waals surface area contributed by atoms with E-state index in [1.807, 2.05) is 18.2 Å². The molecular weight excluding hydrogens is 303 g/mol. The van der Waals surface area contributed by atoms with Gasteiger partial charge in [-0.15, -0.1) is 0 Å². The molecule has 0 aliphatic rings. The molecular formula is C13H10BrFOS. The molecule has 2 aromatic carbocycles. The molecule has 0 fully saturated rings. The lowest BCUT2D eigenvalue weighted by molar-refractivity contribution is 0.281. The van der Waals surface area contributed by atoms with Crippen LogP contribution in [0.1, 0.15) is 5.56 Å². The summed E-state index contributed by atoms with van der Waals surface area (Å²) in [7, 11) is 0. The molecule has 0 aromatic heterocycles. The Morgan fingerprint density at radius 2 is 1.82 bits per heavy atom. The summed E-state index contributed by atoms with van der Waals surface area (Å²) in [5.74, 6) is -0.232. The molecule has 1 N–H and O–H groups in total. The highest BCUT2D eigenvalue weighted by atomic mass is 79.9. The maximum Gasteiger partial charge on any atom is 0.123 e. The van der Waals surface area contributed by atoms with E-state index in [9.17, 15) is 4.39 Å². The average molecular weight is 313 g/mol. The minimum atomic E-state index is -0.232. The first-order chi connectivity index (χ1) is 8.19. The van der Waals surface area contributed by atoms with E-state index in [0.29, 0.717) is 0 Å². The summed E-state index contributed by atoms with van der Waals surface area (Å²) in [6.07, 6.45) is 0. The Bertz CT molecular complexity index is 513. The second-order valence-corrected chi connectivity index (χ2v) is 5.45. The van der Waals surface area contributed by atoms with Crippen molar-refractivity contribution in [1.29, 1.82) is 0 Å². The van der Waals surface area contributed by atoms with Gasteiger partial charge in [-0.1, -0.05) is 17.8 Å². The van der Waals surface area contributed by atoms with Gasteiger partial charge in [0.2, 0.25) is 0 Å². The summed E-state index contributed by atoms with van der Waals surface area (Å²) in [5, 5.41) is 9.00. The van der Waals surface area contributed by atoms with Crippen LogP contribution in [0.2, 0.25) is 0 Å². The van der Waals surface area contributed by atoms with Gasteiger partial charge in [0.15, 0.2) is 0 Å². The van der Waals surface area contributed by atoms with Crippen molar-refractivity contribution in [2.45, 2.75) is 16.4 Å². The van der Waals surface area contributed by atoms with Crippen LogP contribution < -0.4 is 0 Å². The number of hydrogen-bond donors (Lipinski definition) is 1. The Morgan fingerprint density at radius 3 is 2.41 bits per heavy atom. The van der Waals surface area contributed by atoms with E-state index >= 15 is 0 Å². The van der Waals surface area contributed by atoms with Crippen LogP contribution in [0.15, 0.2) is 56.7 Å². The van der Waals surface area contributed by atoms with Crippen molar-refractivity contribution >= 4 is 27.7 Å². The number of aliphatic hydroxyl groups is 1. The zero-order valence-corrected chi connectivity index (χ0v) is 11.3. The lowest BCUT2D eigenvalue weighted by atomic mass is 10.2. The average Bonchev–Trinajstić information content (AvgIpc) is 2.34. The Morgan fingerprint density at radius 1 is 1.12 bits per heavy atom. The minimum absolute atomic E-state index is 0.0279. The van der Waals surface area contributed by atoms with Gasteiger partial charge in [-0.2, -0.15) is 0 Å². The molecule has 2 rings (SSSR count). The van der Waals surface area contributed by atoms with Crippen LogP contribution in [0, 0.1) is 5.82 Å². The minimum Gasteiger partial charge on any atom is -0.392 e. The summed E-state index contributed by atoms with van der Waals surface area (Å²) in [5.41, 5.74) is 0.861. The lowest BCUT2D eigenvalue weighted by Gasteiger charge is -2.06. The smallest absolute Gasteiger partial charge is 0.123 e. The van der Waals surface area contributed by atoms with E-state index in [2.05, 4.69) is 15.9 Å². The highest BCUT2D eigenvalue weighted by Gasteiger charge is 2.03. The third-order valence-corrected chi connectivity index (χ3v) is 4.22. The molecule has 0 unspecified atom stereocenters. The van der Waals surface area contributed by atoms with E-state index in [0.717, 1.165) is 19.8 Å². The van der Waals surface area contributed by atoms with Crippen LogP contribution in [-0.2, 0) is 6.61 Å². The molecule has 17 heavy (non-hydrogen) atoms. The van der Waals surface area contributed by atoms with Gasteiger partial charge in [0.1, 0.15) is 5.82 Å². The molecule has 0 aliphatic carbocycles. The predicted octanol–water partition coefficient (Wildman–Crippen LogP) is 4.23. The quantitative estimate of drug-likeness (QED) is 0.915. The summed E-state index contributed by atoms with van der Waals surface area (Å²) in [6.45, 7) is 0.0279. The highest BCUT2D eigenvalue weighted by Crippen LogP contribution is 2.34. The topological polar surface area (TPSA) is 20.2 Å². The first kappa shape index (κ1) is 12.6. The molecule has 0 atom stereocenters. The maximum absolute atomic E-state index is 12.8. The highest BCUT2D eigenvalue weighted by molar-refractivity contribution is 9.10. The van der Waals surface area contributed by atoms with E-state index in [-0.39, 0.29) is 12.4 Å². The summed E-state index contributed by atoms with van der Waals surface area (Å²) in [4.78, 5) is 2.01. The van der Waals surface area contributed by atoms with Crippen molar-refractivity contribution in [3.8, 4) is 0 Å². The Kier molecular flexibility index (Phi) is 4.20. The summed E-state index contributed by atoms with van der Waals surface area (Å²) in [6, 6.07) is 12.1. The fraction of sp³-hybridized carbons (Fsp3) is 0.0769. The predicted molar refractivity (Wildman–Crippen MR) is 70.6 cm³/mol. The largest absolute Gasteiger partial charge is 0.392 e. The zero-order valence-electron chi connectivity index (χ0n) is 8.86. The summed E-state index contributed by atoms with van der Waals surface area (Å²) >= 11 is 5.00. The summed E-state index contributed by atoms with van der Waals surface area (Å²) < 4.78 is 13.7. The third kappa shape index (κ3) is 3.31. The first-order valence-electron chi connectivity index (χ1n) is 5.02. The number of hydrogen-bond acceptors (Lipinski definition) is 2. The second kappa shape index (κ2) is 5.67. The number of rotatable bonds is 3. The standard InChI is InChI=1S/C13H10BrFOS/c14-12-7-9(8-16)1-6-13(12)17-11-4-2-10(15)3-5-11/h1-7,16H,8H2. The molecule has 2 aromatic rings. The molecule has 0 radical (unpaired) electrons. The van der Waals surface area contributed by atoms with Gasteiger partial charge in [0.25, 0.3) is 0 Å². The number of halogens is 2. The third-order valence-electron chi connectivity index (χ3n) is 2.22. The SMILES string of the molecule is OCc1ccc(Sc2ccc(F)cc2)c(Br)c1. The maximum atomic E-state index is 12.8. The van der Waals surface area contributed by atoms with Crippen molar-refractivity contribution in [2.75, 3.05) is 0 Å². The van der Waals surface area contributed by atoms with E-state index < -0.39 is 0 Å². The van der Waals surface area contributed by atoms with Gasteiger partial charge in [-0.3, -0.25) is 0 Å². The van der Waals surface area contributed by atoms with Gasteiger partial charge in [-0.05, 0) is 57.9 Å². The lowest BCUT2D eigenvalue weighted by Crippen LogP contribution is -1.84. The zero-order chi connectivity index (χ0) is 12.3. The van der Waals surface area contributed by atoms with Crippen LogP contribution in [-0.4, -0.2) is 5.11 Å². The number of benzene rings is 2. The molecule has 0 bridgehead atoms. The fourth-order valence-electron chi connectivity index (χ4n) is 1.36. The van der Waals surface area contributed by atoms with Gasteiger partial charge < -0.3 is 5.11 Å².